The number of H-pyrrole nitrogens is 1. The summed E-state index contributed by atoms with van der Waals surface area (Å²) in [6.07, 6.45) is 2.39. The molecule has 6 heteroatoms. The molecule has 19 heavy (non-hydrogen) atoms. The second-order valence-electron chi connectivity index (χ2n) is 4.46. The Kier molecular flexibility index (Phi) is 4.11. The minimum absolute atomic E-state index is 0.0356. The molecular formula is C13H18N4O2. The first-order valence-electron chi connectivity index (χ1n) is 6.38. The number of aromatic amines is 1. The summed E-state index contributed by atoms with van der Waals surface area (Å²) in [4.78, 5) is 18.2. The zero-order valence-electron chi connectivity index (χ0n) is 11.2. The fraction of sp³-hybridized carbons (Fsp3) is 0.462. The van der Waals surface area contributed by atoms with Gasteiger partial charge in [0.15, 0.2) is 5.65 Å². The number of carbonyl (C=O) groups is 1. The van der Waals surface area contributed by atoms with Gasteiger partial charge in [-0.1, -0.05) is 6.92 Å². The number of pyridine rings is 1. The van der Waals surface area contributed by atoms with Crippen LogP contribution in [0.3, 0.4) is 0 Å². The van der Waals surface area contributed by atoms with Gasteiger partial charge in [0.2, 0.25) is 0 Å². The van der Waals surface area contributed by atoms with E-state index in [4.69, 9.17) is 5.11 Å². The smallest absolute Gasteiger partial charge is 0.255 e. The highest BCUT2D eigenvalue weighted by Gasteiger charge is 2.16. The lowest BCUT2D eigenvalue weighted by Crippen LogP contribution is -2.34. The molecule has 0 aliphatic carbocycles. The summed E-state index contributed by atoms with van der Waals surface area (Å²) in [7, 11) is 0. The van der Waals surface area contributed by atoms with Gasteiger partial charge in [-0.3, -0.25) is 9.89 Å². The summed E-state index contributed by atoms with van der Waals surface area (Å²) in [6, 6.07) is 1.80. The van der Waals surface area contributed by atoms with E-state index in [0.29, 0.717) is 24.3 Å². The van der Waals surface area contributed by atoms with Crippen LogP contribution >= 0.6 is 0 Å². The van der Waals surface area contributed by atoms with Crippen LogP contribution in [-0.2, 0) is 0 Å². The van der Waals surface area contributed by atoms with Gasteiger partial charge in [-0.2, -0.15) is 5.10 Å². The quantitative estimate of drug-likeness (QED) is 0.845. The van der Waals surface area contributed by atoms with Gasteiger partial charge in [0, 0.05) is 30.4 Å². The molecule has 0 saturated heterocycles. The Labute approximate surface area is 111 Å². The number of aromatic nitrogens is 3. The summed E-state index contributed by atoms with van der Waals surface area (Å²) in [5.74, 6) is -0.106. The molecule has 2 aromatic heterocycles. The molecule has 6 nitrogen and oxygen atoms in total. The van der Waals surface area contributed by atoms with Crippen LogP contribution < -0.4 is 0 Å². The van der Waals surface area contributed by atoms with Gasteiger partial charge in [-0.25, -0.2) is 4.98 Å². The number of amides is 1. The molecule has 0 aliphatic rings. The molecule has 2 N–H and O–H groups in total. The molecule has 2 rings (SSSR count). The van der Waals surface area contributed by atoms with Gasteiger partial charge in [0.25, 0.3) is 5.91 Å². The average Bonchev–Trinajstić information content (AvgIpc) is 2.79. The van der Waals surface area contributed by atoms with E-state index in [9.17, 15) is 4.79 Å². The number of hydrogen-bond donors (Lipinski definition) is 2. The van der Waals surface area contributed by atoms with Crippen LogP contribution in [-0.4, -0.2) is 50.8 Å². The fourth-order valence-electron chi connectivity index (χ4n) is 2.02. The maximum Gasteiger partial charge on any atom is 0.255 e. The molecule has 0 spiro atoms. The van der Waals surface area contributed by atoms with Crippen molar-refractivity contribution in [3.63, 3.8) is 0 Å². The summed E-state index contributed by atoms with van der Waals surface area (Å²) < 4.78 is 0. The molecule has 0 bridgehead atoms. The number of carbonyl (C=O) groups excluding carboxylic acids is 1. The van der Waals surface area contributed by atoms with Gasteiger partial charge in [-0.15, -0.1) is 0 Å². The molecule has 2 heterocycles. The summed E-state index contributed by atoms with van der Waals surface area (Å²) in [6.45, 7) is 4.82. The lowest BCUT2D eigenvalue weighted by molar-refractivity contribution is 0.0722. The zero-order valence-corrected chi connectivity index (χ0v) is 11.2. The summed E-state index contributed by atoms with van der Waals surface area (Å²) in [5.41, 5.74) is 2.03. The first-order chi connectivity index (χ1) is 9.17. The zero-order chi connectivity index (χ0) is 13.8. The number of aliphatic hydroxyl groups is 1. The Balaban J connectivity index is 2.31. The van der Waals surface area contributed by atoms with E-state index in [2.05, 4.69) is 15.2 Å². The Bertz CT molecular complexity index is 573. The number of aryl methyl sites for hydroxylation is 1. The summed E-state index contributed by atoms with van der Waals surface area (Å²) >= 11 is 0. The van der Waals surface area contributed by atoms with Crippen molar-refractivity contribution in [3.8, 4) is 0 Å². The van der Waals surface area contributed by atoms with Gasteiger partial charge < -0.3 is 10.0 Å². The minimum atomic E-state index is -0.106. The molecular weight excluding hydrogens is 244 g/mol. The van der Waals surface area contributed by atoms with E-state index in [1.165, 1.54) is 6.20 Å². The number of rotatable bonds is 5. The second-order valence-corrected chi connectivity index (χ2v) is 4.46. The van der Waals surface area contributed by atoms with Crippen LogP contribution in [0.1, 0.15) is 29.4 Å². The first-order valence-corrected chi connectivity index (χ1v) is 6.38. The second kappa shape index (κ2) is 5.79. The predicted molar refractivity (Wildman–Crippen MR) is 71.9 cm³/mol. The van der Waals surface area contributed by atoms with Crippen LogP contribution in [0, 0.1) is 6.92 Å². The van der Waals surface area contributed by atoms with E-state index in [-0.39, 0.29) is 12.5 Å². The third-order valence-electron chi connectivity index (χ3n) is 3.00. The summed E-state index contributed by atoms with van der Waals surface area (Å²) in [5, 5.41) is 16.8. The van der Waals surface area contributed by atoms with Gasteiger partial charge >= 0.3 is 0 Å². The number of fused-ring (bicyclic) bond motifs is 1. The molecule has 0 fully saturated rings. The van der Waals surface area contributed by atoms with Crippen LogP contribution in [0.4, 0.5) is 0 Å². The van der Waals surface area contributed by atoms with Crippen molar-refractivity contribution in [3.05, 3.63) is 23.5 Å². The molecule has 0 aromatic carbocycles. The van der Waals surface area contributed by atoms with Crippen molar-refractivity contribution in [2.75, 3.05) is 19.7 Å². The Morgan fingerprint density at radius 1 is 1.47 bits per heavy atom. The highest BCUT2D eigenvalue weighted by molar-refractivity contribution is 5.97. The molecule has 1 amide bonds. The molecule has 2 aromatic rings. The van der Waals surface area contributed by atoms with Crippen molar-refractivity contribution in [1.82, 2.24) is 20.1 Å². The van der Waals surface area contributed by atoms with Crippen LogP contribution in [0.15, 0.2) is 12.3 Å². The first kappa shape index (κ1) is 13.5. The lowest BCUT2D eigenvalue weighted by atomic mass is 10.2. The SMILES string of the molecule is CCCN(CCO)C(=O)c1cnc2n[nH]c(C)c2c1. The van der Waals surface area contributed by atoms with Crippen LogP contribution in [0.25, 0.3) is 11.0 Å². The normalized spacial score (nSPS) is 10.9. The number of nitrogens with zero attached hydrogens (tertiary/aromatic N) is 3. The number of aliphatic hydroxyl groups excluding tert-OH is 1. The van der Waals surface area contributed by atoms with E-state index >= 15 is 0 Å². The third kappa shape index (κ3) is 2.73. The standard InChI is InChI=1S/C13H18N4O2/c1-3-4-17(5-6-18)13(19)10-7-11-9(2)15-16-12(11)14-8-10/h7-8,18H,3-6H2,1-2H3,(H,14,15,16). The van der Waals surface area contributed by atoms with E-state index in [0.717, 1.165) is 17.5 Å². The molecule has 0 unspecified atom stereocenters. The van der Waals surface area contributed by atoms with Crippen molar-refractivity contribution in [1.29, 1.82) is 0 Å². The number of nitrogens with one attached hydrogen (secondary N) is 1. The van der Waals surface area contributed by atoms with Crippen LogP contribution in [0.2, 0.25) is 0 Å². The van der Waals surface area contributed by atoms with Gasteiger partial charge in [0.05, 0.1) is 12.2 Å². The molecule has 0 aliphatic heterocycles. The Morgan fingerprint density at radius 2 is 2.26 bits per heavy atom. The molecule has 0 saturated carbocycles. The number of hydrogen-bond acceptors (Lipinski definition) is 4. The maximum atomic E-state index is 12.3. The van der Waals surface area contributed by atoms with Crippen molar-refractivity contribution in [2.45, 2.75) is 20.3 Å². The minimum Gasteiger partial charge on any atom is -0.395 e. The van der Waals surface area contributed by atoms with Crippen molar-refractivity contribution >= 4 is 16.9 Å². The van der Waals surface area contributed by atoms with E-state index in [1.807, 2.05) is 13.8 Å². The largest absolute Gasteiger partial charge is 0.395 e. The van der Waals surface area contributed by atoms with Crippen LogP contribution in [0.5, 0.6) is 0 Å². The molecule has 102 valence electrons. The highest BCUT2D eigenvalue weighted by atomic mass is 16.3. The van der Waals surface area contributed by atoms with Gasteiger partial charge in [-0.05, 0) is 19.4 Å². The topological polar surface area (TPSA) is 82.1 Å². The fourth-order valence-corrected chi connectivity index (χ4v) is 2.02. The maximum absolute atomic E-state index is 12.3. The predicted octanol–water partition coefficient (Wildman–Crippen LogP) is 1.11. The van der Waals surface area contributed by atoms with E-state index in [1.54, 1.807) is 11.0 Å². The van der Waals surface area contributed by atoms with Crippen molar-refractivity contribution < 1.29 is 9.90 Å². The van der Waals surface area contributed by atoms with Crippen molar-refractivity contribution in [2.24, 2.45) is 0 Å². The van der Waals surface area contributed by atoms with Gasteiger partial charge in [0.1, 0.15) is 0 Å². The Morgan fingerprint density at radius 3 is 2.95 bits per heavy atom. The highest BCUT2D eigenvalue weighted by Crippen LogP contribution is 2.15. The third-order valence-corrected chi connectivity index (χ3v) is 3.00. The monoisotopic (exact) mass is 262 g/mol. The lowest BCUT2D eigenvalue weighted by Gasteiger charge is -2.20. The molecule has 0 atom stereocenters. The Hall–Kier alpha value is -1.95. The van der Waals surface area contributed by atoms with E-state index < -0.39 is 0 Å². The average molecular weight is 262 g/mol. The molecule has 0 radical (unpaired) electrons.